The standard InChI is InChI=1S/C17H27BrClN/c1-2-3-4-5-6-7-8-9-16(20)12-14-10-11-15(18)13-17(14)19/h10-11,13,16H,2-9,12,20H2,1H3. The molecule has 1 aromatic rings. The van der Waals surface area contributed by atoms with Crippen LogP contribution in [0.5, 0.6) is 0 Å². The molecular formula is C17H27BrClN. The van der Waals surface area contributed by atoms with Gasteiger partial charge in [-0.05, 0) is 30.5 Å². The van der Waals surface area contributed by atoms with Crippen molar-refractivity contribution in [2.45, 2.75) is 70.8 Å². The highest BCUT2D eigenvalue weighted by atomic mass is 79.9. The van der Waals surface area contributed by atoms with Crippen molar-refractivity contribution in [1.29, 1.82) is 0 Å². The Morgan fingerprint density at radius 2 is 1.75 bits per heavy atom. The fourth-order valence-electron chi connectivity index (χ4n) is 2.44. The molecule has 0 heterocycles. The molecule has 1 atom stereocenters. The second kappa shape index (κ2) is 10.6. The molecule has 20 heavy (non-hydrogen) atoms. The van der Waals surface area contributed by atoms with Gasteiger partial charge in [0, 0.05) is 15.5 Å². The Morgan fingerprint density at radius 1 is 1.10 bits per heavy atom. The third kappa shape index (κ3) is 7.66. The molecule has 0 spiro atoms. The highest BCUT2D eigenvalue weighted by molar-refractivity contribution is 9.10. The van der Waals surface area contributed by atoms with E-state index in [9.17, 15) is 0 Å². The van der Waals surface area contributed by atoms with Gasteiger partial charge in [0.05, 0.1) is 0 Å². The quantitative estimate of drug-likeness (QED) is 0.500. The molecule has 2 N–H and O–H groups in total. The summed E-state index contributed by atoms with van der Waals surface area (Å²) in [5.41, 5.74) is 7.36. The van der Waals surface area contributed by atoms with Gasteiger partial charge in [0.25, 0.3) is 0 Å². The van der Waals surface area contributed by atoms with Crippen molar-refractivity contribution in [3.05, 3.63) is 33.3 Å². The minimum Gasteiger partial charge on any atom is -0.327 e. The van der Waals surface area contributed by atoms with Crippen molar-refractivity contribution < 1.29 is 0 Å². The first-order chi connectivity index (χ1) is 9.63. The predicted molar refractivity (Wildman–Crippen MR) is 93.4 cm³/mol. The van der Waals surface area contributed by atoms with Crippen LogP contribution in [0.1, 0.15) is 63.9 Å². The molecule has 1 unspecified atom stereocenters. The predicted octanol–water partition coefficient (Wildman–Crippen LogP) is 6.11. The van der Waals surface area contributed by atoms with E-state index in [1.54, 1.807) is 0 Å². The molecule has 0 bridgehead atoms. The van der Waals surface area contributed by atoms with Gasteiger partial charge in [0.2, 0.25) is 0 Å². The highest BCUT2D eigenvalue weighted by Gasteiger charge is 2.07. The normalized spacial score (nSPS) is 12.6. The number of halogens is 2. The van der Waals surface area contributed by atoms with E-state index in [2.05, 4.69) is 28.9 Å². The first kappa shape index (κ1) is 18.0. The summed E-state index contributed by atoms with van der Waals surface area (Å²) < 4.78 is 1.02. The summed E-state index contributed by atoms with van der Waals surface area (Å²) >= 11 is 9.64. The van der Waals surface area contributed by atoms with Crippen LogP contribution < -0.4 is 5.73 Å². The number of hydrogen-bond donors (Lipinski definition) is 1. The van der Waals surface area contributed by atoms with Gasteiger partial charge in [-0.25, -0.2) is 0 Å². The number of rotatable bonds is 10. The van der Waals surface area contributed by atoms with Crippen molar-refractivity contribution in [2.24, 2.45) is 5.73 Å². The van der Waals surface area contributed by atoms with Gasteiger partial charge in [0.1, 0.15) is 0 Å². The average molecular weight is 361 g/mol. The Balaban J connectivity index is 2.15. The summed E-state index contributed by atoms with van der Waals surface area (Å²) in [7, 11) is 0. The van der Waals surface area contributed by atoms with Gasteiger partial charge < -0.3 is 5.73 Å². The van der Waals surface area contributed by atoms with Crippen LogP contribution in [0.3, 0.4) is 0 Å². The molecule has 0 radical (unpaired) electrons. The van der Waals surface area contributed by atoms with Gasteiger partial charge >= 0.3 is 0 Å². The van der Waals surface area contributed by atoms with Crippen molar-refractivity contribution in [1.82, 2.24) is 0 Å². The lowest BCUT2D eigenvalue weighted by molar-refractivity contribution is 0.528. The molecule has 3 heteroatoms. The topological polar surface area (TPSA) is 26.0 Å². The molecule has 1 rings (SSSR count). The Morgan fingerprint density at radius 3 is 2.40 bits per heavy atom. The minimum absolute atomic E-state index is 0.226. The van der Waals surface area contributed by atoms with Gasteiger partial charge in [-0.3, -0.25) is 0 Å². The smallest absolute Gasteiger partial charge is 0.0449 e. The van der Waals surface area contributed by atoms with E-state index < -0.39 is 0 Å². The molecule has 0 saturated heterocycles. The summed E-state index contributed by atoms with van der Waals surface area (Å²) in [6.45, 7) is 2.26. The van der Waals surface area contributed by atoms with E-state index in [0.717, 1.165) is 27.9 Å². The van der Waals surface area contributed by atoms with Crippen LogP contribution in [0.25, 0.3) is 0 Å². The van der Waals surface area contributed by atoms with Gasteiger partial charge in [-0.2, -0.15) is 0 Å². The van der Waals surface area contributed by atoms with Crippen molar-refractivity contribution >= 4 is 27.5 Å². The third-order valence-electron chi connectivity index (χ3n) is 3.68. The van der Waals surface area contributed by atoms with E-state index in [1.165, 1.54) is 44.9 Å². The average Bonchev–Trinajstić information content (AvgIpc) is 2.41. The van der Waals surface area contributed by atoms with Crippen molar-refractivity contribution in [2.75, 3.05) is 0 Å². The maximum atomic E-state index is 6.22. The molecule has 0 aromatic heterocycles. The summed E-state index contributed by atoms with van der Waals surface area (Å²) in [6, 6.07) is 6.26. The van der Waals surface area contributed by atoms with E-state index in [4.69, 9.17) is 17.3 Å². The zero-order valence-electron chi connectivity index (χ0n) is 12.5. The number of benzene rings is 1. The monoisotopic (exact) mass is 359 g/mol. The van der Waals surface area contributed by atoms with Crippen LogP contribution in [-0.4, -0.2) is 6.04 Å². The lowest BCUT2D eigenvalue weighted by atomic mass is 10.0. The summed E-state index contributed by atoms with van der Waals surface area (Å²) in [5, 5.41) is 0.814. The lowest BCUT2D eigenvalue weighted by Crippen LogP contribution is -2.22. The third-order valence-corrected chi connectivity index (χ3v) is 4.52. The summed E-state index contributed by atoms with van der Waals surface area (Å²) in [5.74, 6) is 0. The summed E-state index contributed by atoms with van der Waals surface area (Å²) in [6.07, 6.45) is 11.3. The van der Waals surface area contributed by atoms with Crippen molar-refractivity contribution in [3.63, 3.8) is 0 Å². The van der Waals surface area contributed by atoms with Crippen LogP contribution in [-0.2, 0) is 6.42 Å². The molecule has 0 aliphatic heterocycles. The second-order valence-corrected chi connectivity index (χ2v) is 6.93. The Labute approximate surface area is 137 Å². The minimum atomic E-state index is 0.226. The van der Waals surface area contributed by atoms with Gasteiger partial charge in [0.15, 0.2) is 0 Å². The molecule has 1 aromatic carbocycles. The number of unbranched alkanes of at least 4 members (excludes halogenated alkanes) is 6. The van der Waals surface area contributed by atoms with Crippen LogP contribution in [0.2, 0.25) is 5.02 Å². The van der Waals surface area contributed by atoms with E-state index >= 15 is 0 Å². The molecule has 1 nitrogen and oxygen atoms in total. The van der Waals surface area contributed by atoms with Gasteiger partial charge in [-0.1, -0.05) is 85.5 Å². The van der Waals surface area contributed by atoms with E-state index in [0.29, 0.717) is 0 Å². The fourth-order valence-corrected chi connectivity index (χ4v) is 3.19. The number of nitrogens with two attached hydrogens (primary N) is 1. The fraction of sp³-hybridized carbons (Fsp3) is 0.647. The number of hydrogen-bond acceptors (Lipinski definition) is 1. The maximum Gasteiger partial charge on any atom is 0.0449 e. The van der Waals surface area contributed by atoms with Crippen LogP contribution in [0.4, 0.5) is 0 Å². The first-order valence-corrected chi connectivity index (χ1v) is 9.00. The lowest BCUT2D eigenvalue weighted by Gasteiger charge is -2.13. The van der Waals surface area contributed by atoms with Gasteiger partial charge in [-0.15, -0.1) is 0 Å². The molecule has 0 saturated carbocycles. The van der Waals surface area contributed by atoms with Crippen LogP contribution in [0.15, 0.2) is 22.7 Å². The molecule has 114 valence electrons. The van der Waals surface area contributed by atoms with Crippen LogP contribution in [0, 0.1) is 0 Å². The highest BCUT2D eigenvalue weighted by Crippen LogP contribution is 2.23. The largest absolute Gasteiger partial charge is 0.327 e. The zero-order chi connectivity index (χ0) is 14.8. The van der Waals surface area contributed by atoms with E-state index in [-0.39, 0.29) is 6.04 Å². The zero-order valence-corrected chi connectivity index (χ0v) is 14.8. The SMILES string of the molecule is CCCCCCCCCC(N)Cc1ccc(Br)cc1Cl. The van der Waals surface area contributed by atoms with E-state index in [1.807, 2.05) is 12.1 Å². The second-order valence-electron chi connectivity index (χ2n) is 5.61. The van der Waals surface area contributed by atoms with Crippen molar-refractivity contribution in [3.8, 4) is 0 Å². The Bertz CT molecular complexity index is 381. The molecular weight excluding hydrogens is 334 g/mol. The molecule has 0 amide bonds. The Kier molecular flexibility index (Phi) is 9.58. The molecule has 0 aliphatic carbocycles. The molecule has 0 fully saturated rings. The molecule has 0 aliphatic rings. The Hall–Kier alpha value is -0.0500. The maximum absolute atomic E-state index is 6.22. The summed E-state index contributed by atoms with van der Waals surface area (Å²) in [4.78, 5) is 0. The van der Waals surface area contributed by atoms with Crippen LogP contribution >= 0.6 is 27.5 Å². The first-order valence-electron chi connectivity index (χ1n) is 7.83.